The molecule has 0 saturated carbocycles. The van der Waals surface area contributed by atoms with Crippen LogP contribution in [-0.4, -0.2) is 59.9 Å². The minimum atomic E-state index is -1.48. The fourth-order valence-electron chi connectivity index (χ4n) is 7.81. The molecule has 8 aromatic rings. The van der Waals surface area contributed by atoms with Crippen molar-refractivity contribution >= 4 is 82.9 Å². The molecule has 1 aliphatic rings. The van der Waals surface area contributed by atoms with Gasteiger partial charge in [-0.3, -0.25) is 0 Å². The first-order valence-electron chi connectivity index (χ1n) is 19.3. The van der Waals surface area contributed by atoms with Crippen LogP contribution in [-0.2, 0) is 23.7 Å². The van der Waals surface area contributed by atoms with Crippen molar-refractivity contribution in [2.24, 2.45) is 0 Å². The van der Waals surface area contributed by atoms with Gasteiger partial charge in [-0.2, -0.15) is 0 Å². The Balaban J connectivity index is 1.11. The van der Waals surface area contributed by atoms with E-state index in [0.717, 1.165) is 21.5 Å². The lowest BCUT2D eigenvalue weighted by molar-refractivity contribution is -0.205. The highest BCUT2D eigenvalue weighted by molar-refractivity contribution is 9.09. The largest absolute Gasteiger partial charge is 0.459 e. The van der Waals surface area contributed by atoms with Gasteiger partial charge in [-0.1, -0.05) is 162 Å². The van der Waals surface area contributed by atoms with Gasteiger partial charge in [-0.25, -0.2) is 19.2 Å². The SMILES string of the molecule is O=C(OC[C@H]1O[C@H](Br)[C@H](OC(=O)c2cccc3ccccc23)[C@@H](OC(=O)c2cccc3ccccc23)[C@@H]1OC(=O)c1cccc2ccccc12)c1cccc2ccccc12. The Morgan fingerprint density at radius 1 is 0.400 bits per heavy atom. The van der Waals surface area contributed by atoms with Crippen LogP contribution in [0, 0.1) is 0 Å². The van der Waals surface area contributed by atoms with E-state index in [0.29, 0.717) is 27.1 Å². The Morgan fingerprint density at radius 2 is 0.717 bits per heavy atom. The third kappa shape index (κ3) is 7.58. The van der Waals surface area contributed by atoms with Crippen LogP contribution >= 0.6 is 15.9 Å². The highest BCUT2D eigenvalue weighted by Crippen LogP contribution is 2.35. The van der Waals surface area contributed by atoms with E-state index in [1.54, 1.807) is 60.7 Å². The van der Waals surface area contributed by atoms with E-state index in [9.17, 15) is 19.2 Å². The summed E-state index contributed by atoms with van der Waals surface area (Å²) in [5.74, 6) is -2.89. The normalized spacial score (nSPS) is 18.9. The zero-order valence-electron chi connectivity index (χ0n) is 31.8. The first kappa shape index (κ1) is 38.6. The molecule has 1 fully saturated rings. The maximum Gasteiger partial charge on any atom is 0.339 e. The Hall–Kier alpha value is -6.88. The van der Waals surface area contributed by atoms with Crippen LogP contribution in [0.15, 0.2) is 170 Å². The van der Waals surface area contributed by atoms with Crippen molar-refractivity contribution in [2.45, 2.75) is 29.4 Å². The van der Waals surface area contributed by atoms with Gasteiger partial charge in [0.2, 0.25) is 0 Å². The summed E-state index contributed by atoms with van der Waals surface area (Å²) in [5, 5.41) is 4.72. The number of carbonyl (C=O) groups is 4. The topological polar surface area (TPSA) is 114 Å². The fraction of sp³-hybridized carbons (Fsp3) is 0.120. The summed E-state index contributed by atoms with van der Waals surface area (Å²) in [6, 6.07) is 50.6. The number of benzene rings is 8. The standard InChI is InChI=1S/C50H35BrO9/c51-46-45(60-50(55)41-28-12-20-33-16-4-8-24-37(33)41)44(59-49(54)40-27-11-19-32-15-3-7-23-36(32)40)43(58-48(53)39-26-10-18-31-14-2-6-22-35(31)39)42(57-46)29-56-47(52)38-25-9-17-30-13-1-5-21-34(30)38/h1-28,42-46H,29H2/t42-,43-,44+,45-,46+/m1/s1. The molecule has 0 spiro atoms. The van der Waals surface area contributed by atoms with Gasteiger partial charge in [0.25, 0.3) is 0 Å². The van der Waals surface area contributed by atoms with Gasteiger partial charge in [0.05, 0.1) is 22.3 Å². The summed E-state index contributed by atoms with van der Waals surface area (Å²) in [6.07, 6.45) is -5.53. The molecule has 10 heteroatoms. The van der Waals surface area contributed by atoms with Gasteiger partial charge in [-0.05, 0) is 67.4 Å². The molecule has 8 aromatic carbocycles. The zero-order valence-corrected chi connectivity index (χ0v) is 33.4. The van der Waals surface area contributed by atoms with Crippen LogP contribution in [0.3, 0.4) is 0 Å². The van der Waals surface area contributed by atoms with Crippen molar-refractivity contribution < 1.29 is 42.9 Å². The molecular weight excluding hydrogens is 824 g/mol. The molecule has 0 radical (unpaired) electrons. The van der Waals surface area contributed by atoms with Crippen LogP contribution in [0.25, 0.3) is 43.1 Å². The predicted molar refractivity (Wildman–Crippen MR) is 231 cm³/mol. The van der Waals surface area contributed by atoms with Gasteiger partial charge >= 0.3 is 23.9 Å². The van der Waals surface area contributed by atoms with E-state index in [1.165, 1.54) is 0 Å². The van der Waals surface area contributed by atoms with E-state index >= 15 is 0 Å². The molecule has 60 heavy (non-hydrogen) atoms. The molecule has 9 rings (SSSR count). The number of rotatable bonds is 9. The smallest absolute Gasteiger partial charge is 0.339 e. The third-order valence-electron chi connectivity index (χ3n) is 10.7. The summed E-state index contributed by atoms with van der Waals surface area (Å²) >= 11 is 3.56. The number of hydrogen-bond donors (Lipinski definition) is 0. The molecule has 0 bridgehead atoms. The van der Waals surface area contributed by atoms with Crippen LogP contribution < -0.4 is 0 Å². The van der Waals surface area contributed by atoms with Gasteiger partial charge < -0.3 is 23.7 Å². The Kier molecular flexibility index (Phi) is 10.8. The monoisotopic (exact) mass is 858 g/mol. The number of hydrogen-bond acceptors (Lipinski definition) is 9. The van der Waals surface area contributed by atoms with Crippen molar-refractivity contribution in [2.75, 3.05) is 6.61 Å². The average molecular weight is 860 g/mol. The summed E-state index contributed by atoms with van der Waals surface area (Å²) in [4.78, 5) is 56.8. The minimum Gasteiger partial charge on any atom is -0.459 e. The fourth-order valence-corrected chi connectivity index (χ4v) is 8.50. The molecule has 0 unspecified atom stereocenters. The number of halogens is 1. The summed E-state index contributed by atoms with van der Waals surface area (Å²) in [6.45, 7) is -0.427. The molecule has 0 amide bonds. The second-order valence-corrected chi connectivity index (χ2v) is 15.2. The van der Waals surface area contributed by atoms with E-state index in [2.05, 4.69) is 15.9 Å². The molecule has 1 aliphatic heterocycles. The van der Waals surface area contributed by atoms with Crippen LogP contribution in [0.2, 0.25) is 0 Å². The van der Waals surface area contributed by atoms with Gasteiger partial charge in [0.15, 0.2) is 23.3 Å². The maximum atomic E-state index is 14.4. The minimum absolute atomic E-state index is 0.239. The third-order valence-corrected chi connectivity index (χ3v) is 11.5. The van der Waals surface area contributed by atoms with Gasteiger partial charge in [0.1, 0.15) is 12.7 Å². The summed E-state index contributed by atoms with van der Waals surface area (Å²) in [5.41, 5.74) is 1.07. The highest BCUT2D eigenvalue weighted by Gasteiger charge is 2.52. The lowest BCUT2D eigenvalue weighted by Crippen LogP contribution is -2.61. The highest BCUT2D eigenvalue weighted by atomic mass is 79.9. The quantitative estimate of drug-likeness (QED) is 0.0795. The Morgan fingerprint density at radius 3 is 1.12 bits per heavy atom. The maximum absolute atomic E-state index is 14.4. The number of esters is 4. The Bertz CT molecular complexity index is 2920. The second-order valence-electron chi connectivity index (χ2n) is 14.3. The van der Waals surface area contributed by atoms with Crippen molar-refractivity contribution in [3.8, 4) is 0 Å². The number of fused-ring (bicyclic) bond motifs is 4. The van der Waals surface area contributed by atoms with E-state index < -0.39 is 59.9 Å². The predicted octanol–water partition coefficient (Wildman–Crippen LogP) is 10.3. The summed E-state index contributed by atoms with van der Waals surface area (Å²) < 4.78 is 31.3. The number of alkyl halides is 1. The van der Waals surface area contributed by atoms with E-state index in [-0.39, 0.29) is 16.7 Å². The molecule has 0 N–H and O–H groups in total. The molecule has 1 saturated heterocycles. The van der Waals surface area contributed by atoms with Crippen molar-refractivity contribution in [3.05, 3.63) is 192 Å². The van der Waals surface area contributed by atoms with E-state index in [1.807, 2.05) is 109 Å². The number of ether oxygens (including phenoxy) is 5. The molecule has 1 heterocycles. The first-order chi connectivity index (χ1) is 29.3. The van der Waals surface area contributed by atoms with Crippen LogP contribution in [0.5, 0.6) is 0 Å². The van der Waals surface area contributed by atoms with Crippen molar-refractivity contribution in [3.63, 3.8) is 0 Å². The first-order valence-corrected chi connectivity index (χ1v) is 20.3. The lowest BCUT2D eigenvalue weighted by atomic mass is 9.98. The van der Waals surface area contributed by atoms with Crippen molar-refractivity contribution in [1.29, 1.82) is 0 Å². The van der Waals surface area contributed by atoms with Crippen LogP contribution in [0.1, 0.15) is 41.4 Å². The van der Waals surface area contributed by atoms with Crippen molar-refractivity contribution in [1.82, 2.24) is 0 Å². The summed E-state index contributed by atoms with van der Waals surface area (Å²) in [7, 11) is 0. The molecule has 5 atom stereocenters. The van der Waals surface area contributed by atoms with Gasteiger partial charge in [0, 0.05) is 0 Å². The molecular formula is C50H35BrO9. The zero-order chi connectivity index (χ0) is 41.2. The van der Waals surface area contributed by atoms with E-state index in [4.69, 9.17) is 23.7 Å². The average Bonchev–Trinajstić information content (AvgIpc) is 3.29. The molecule has 9 nitrogen and oxygen atoms in total. The lowest BCUT2D eigenvalue weighted by Gasteiger charge is -2.43. The molecule has 0 aromatic heterocycles. The van der Waals surface area contributed by atoms with Gasteiger partial charge in [-0.15, -0.1) is 0 Å². The molecule has 296 valence electrons. The number of carbonyl (C=O) groups excluding carboxylic acids is 4. The van der Waals surface area contributed by atoms with Crippen LogP contribution in [0.4, 0.5) is 0 Å². The second kappa shape index (κ2) is 16.8. The Labute approximate surface area is 352 Å². The molecule has 0 aliphatic carbocycles.